The smallest absolute Gasteiger partial charge is 0.345 e. The summed E-state index contributed by atoms with van der Waals surface area (Å²) in [5.74, 6) is -0.540. The summed E-state index contributed by atoms with van der Waals surface area (Å²) in [6.45, 7) is 0. The topological polar surface area (TPSA) is 69.4 Å². The number of nitrogens with zero attached hydrogens (tertiary/aromatic N) is 1. The van der Waals surface area contributed by atoms with Gasteiger partial charge >= 0.3 is 11.6 Å². The first kappa shape index (κ1) is 11.4. The van der Waals surface area contributed by atoms with Crippen molar-refractivity contribution in [3.8, 4) is 0 Å². The Balaban J connectivity index is 2.42. The number of pyridine rings is 1. The molecule has 0 aliphatic heterocycles. The van der Waals surface area contributed by atoms with Gasteiger partial charge in [-0.1, -0.05) is 12.1 Å². The average molecular weight is 255 g/mol. The van der Waals surface area contributed by atoms with Gasteiger partial charge in [0.1, 0.15) is 5.58 Å². The summed E-state index contributed by atoms with van der Waals surface area (Å²) in [5.41, 5.74) is 0.683. The molecule has 5 nitrogen and oxygen atoms in total. The van der Waals surface area contributed by atoms with Gasteiger partial charge in [-0.2, -0.15) is 0 Å². The van der Waals surface area contributed by atoms with Crippen LogP contribution >= 0.6 is 0 Å². The molecule has 0 spiro atoms. The molecule has 0 amide bonds. The van der Waals surface area contributed by atoms with E-state index in [0.29, 0.717) is 11.1 Å². The molecule has 0 unspecified atom stereocenters. The van der Waals surface area contributed by atoms with E-state index in [4.69, 9.17) is 4.42 Å². The van der Waals surface area contributed by atoms with Crippen LogP contribution in [0.3, 0.4) is 0 Å². The minimum atomic E-state index is -0.540. The van der Waals surface area contributed by atoms with Gasteiger partial charge in [-0.25, -0.2) is 9.59 Å². The number of carbonyl (C=O) groups excluding carboxylic acids is 1. The molecule has 0 fully saturated rings. The van der Waals surface area contributed by atoms with E-state index in [1.54, 1.807) is 12.1 Å². The Morgan fingerprint density at radius 1 is 1.26 bits per heavy atom. The van der Waals surface area contributed by atoms with E-state index in [0.717, 1.165) is 5.39 Å². The highest BCUT2D eigenvalue weighted by atomic mass is 16.5. The SMILES string of the molecule is COC(=O)c1cnc2c(c1)c(=O)oc1ccccc12. The summed E-state index contributed by atoms with van der Waals surface area (Å²) in [6, 6.07) is 8.56. The molecule has 0 bridgehead atoms. The Hall–Kier alpha value is -2.69. The zero-order chi connectivity index (χ0) is 13.4. The molecule has 19 heavy (non-hydrogen) atoms. The van der Waals surface area contributed by atoms with Gasteiger partial charge in [0.15, 0.2) is 0 Å². The van der Waals surface area contributed by atoms with Gasteiger partial charge in [0, 0.05) is 11.6 Å². The molecule has 3 aromatic rings. The molecule has 5 heteroatoms. The third kappa shape index (κ3) is 1.76. The average Bonchev–Trinajstić information content (AvgIpc) is 2.46. The number of hydrogen-bond donors (Lipinski definition) is 0. The minimum Gasteiger partial charge on any atom is -0.465 e. The van der Waals surface area contributed by atoms with E-state index in [-0.39, 0.29) is 10.9 Å². The molecular weight excluding hydrogens is 246 g/mol. The Morgan fingerprint density at radius 2 is 2.05 bits per heavy atom. The second kappa shape index (κ2) is 4.20. The largest absolute Gasteiger partial charge is 0.465 e. The summed E-state index contributed by atoms with van der Waals surface area (Å²) in [5, 5.41) is 0.995. The number of ether oxygens (including phenoxy) is 1. The molecular formula is C14H9NO4. The second-order valence-corrected chi connectivity index (χ2v) is 4.00. The summed E-state index contributed by atoms with van der Waals surface area (Å²) in [7, 11) is 1.27. The van der Waals surface area contributed by atoms with E-state index in [1.807, 2.05) is 12.1 Å². The van der Waals surface area contributed by atoms with E-state index in [9.17, 15) is 9.59 Å². The molecule has 2 heterocycles. The fraction of sp³-hybridized carbons (Fsp3) is 0.0714. The standard InChI is InChI=1S/C14H9NO4/c1-18-13(16)8-6-10-12(15-7-8)9-4-2-3-5-11(9)19-14(10)17/h2-7H,1H3. The quantitative estimate of drug-likeness (QED) is 0.378. The monoisotopic (exact) mass is 255 g/mol. The first-order valence-corrected chi connectivity index (χ1v) is 5.60. The maximum Gasteiger partial charge on any atom is 0.345 e. The van der Waals surface area contributed by atoms with Crippen LogP contribution in [0.2, 0.25) is 0 Å². The Kier molecular flexibility index (Phi) is 2.52. The zero-order valence-corrected chi connectivity index (χ0v) is 10.0. The van der Waals surface area contributed by atoms with Crippen LogP contribution in [-0.2, 0) is 4.74 Å². The normalized spacial score (nSPS) is 10.8. The number of methoxy groups -OCH3 is 1. The summed E-state index contributed by atoms with van der Waals surface area (Å²) in [4.78, 5) is 27.5. The third-order valence-corrected chi connectivity index (χ3v) is 2.87. The molecule has 2 aromatic heterocycles. The summed E-state index contributed by atoms with van der Waals surface area (Å²) >= 11 is 0. The maximum absolute atomic E-state index is 11.9. The van der Waals surface area contributed by atoms with Crippen LogP contribution in [0.25, 0.3) is 21.9 Å². The Morgan fingerprint density at radius 3 is 2.84 bits per heavy atom. The van der Waals surface area contributed by atoms with Gasteiger partial charge in [0.25, 0.3) is 0 Å². The van der Waals surface area contributed by atoms with E-state index < -0.39 is 11.6 Å². The molecule has 0 saturated carbocycles. The van der Waals surface area contributed by atoms with Crippen LogP contribution < -0.4 is 5.63 Å². The summed E-state index contributed by atoms with van der Waals surface area (Å²) < 4.78 is 9.80. The van der Waals surface area contributed by atoms with Crippen LogP contribution in [0.1, 0.15) is 10.4 Å². The molecule has 0 aliphatic carbocycles. The summed E-state index contributed by atoms with van der Waals surface area (Å²) in [6.07, 6.45) is 1.39. The van der Waals surface area contributed by atoms with E-state index >= 15 is 0 Å². The molecule has 0 aliphatic rings. The van der Waals surface area contributed by atoms with Gasteiger partial charge in [-0.3, -0.25) is 4.98 Å². The number of carbonyl (C=O) groups is 1. The van der Waals surface area contributed by atoms with Crippen LogP contribution in [-0.4, -0.2) is 18.1 Å². The van der Waals surface area contributed by atoms with Gasteiger partial charge in [-0.15, -0.1) is 0 Å². The van der Waals surface area contributed by atoms with Crippen molar-refractivity contribution >= 4 is 27.8 Å². The lowest BCUT2D eigenvalue weighted by molar-refractivity contribution is 0.0600. The number of esters is 1. The van der Waals surface area contributed by atoms with Gasteiger partial charge in [-0.05, 0) is 18.2 Å². The number of hydrogen-bond acceptors (Lipinski definition) is 5. The lowest BCUT2D eigenvalue weighted by Crippen LogP contribution is -2.06. The molecule has 0 radical (unpaired) electrons. The highest BCUT2D eigenvalue weighted by Gasteiger charge is 2.12. The van der Waals surface area contributed by atoms with Crippen LogP contribution in [0, 0.1) is 0 Å². The van der Waals surface area contributed by atoms with Crippen LogP contribution in [0.4, 0.5) is 0 Å². The first-order chi connectivity index (χ1) is 9.20. The molecule has 0 N–H and O–H groups in total. The highest BCUT2D eigenvalue weighted by molar-refractivity contribution is 6.03. The van der Waals surface area contributed by atoms with Crippen LogP contribution in [0.15, 0.2) is 45.7 Å². The number of aromatic nitrogens is 1. The molecule has 0 atom stereocenters. The fourth-order valence-electron chi connectivity index (χ4n) is 1.97. The molecule has 0 saturated heterocycles. The van der Waals surface area contributed by atoms with Gasteiger partial charge < -0.3 is 9.15 Å². The Labute approximate surface area is 107 Å². The van der Waals surface area contributed by atoms with Crippen molar-refractivity contribution in [2.45, 2.75) is 0 Å². The number of fused-ring (bicyclic) bond motifs is 3. The molecule has 3 rings (SSSR count). The predicted octanol–water partition coefficient (Wildman–Crippen LogP) is 2.13. The maximum atomic E-state index is 11.9. The van der Waals surface area contributed by atoms with Crippen molar-refractivity contribution in [1.29, 1.82) is 0 Å². The lowest BCUT2D eigenvalue weighted by atomic mass is 10.1. The minimum absolute atomic E-state index is 0.220. The highest BCUT2D eigenvalue weighted by Crippen LogP contribution is 2.21. The third-order valence-electron chi connectivity index (χ3n) is 2.87. The predicted molar refractivity (Wildman–Crippen MR) is 69.1 cm³/mol. The van der Waals surface area contributed by atoms with Crippen molar-refractivity contribution < 1.29 is 13.9 Å². The van der Waals surface area contributed by atoms with E-state index in [2.05, 4.69) is 9.72 Å². The van der Waals surface area contributed by atoms with Gasteiger partial charge in [0.2, 0.25) is 0 Å². The number of para-hydroxylation sites is 1. The number of rotatable bonds is 1. The first-order valence-electron chi connectivity index (χ1n) is 5.60. The lowest BCUT2D eigenvalue weighted by Gasteiger charge is -2.03. The van der Waals surface area contributed by atoms with Crippen molar-refractivity contribution in [3.05, 3.63) is 52.5 Å². The van der Waals surface area contributed by atoms with Crippen molar-refractivity contribution in [3.63, 3.8) is 0 Å². The number of benzene rings is 1. The van der Waals surface area contributed by atoms with Crippen molar-refractivity contribution in [2.24, 2.45) is 0 Å². The van der Waals surface area contributed by atoms with E-state index in [1.165, 1.54) is 19.4 Å². The Bertz CT molecular complexity index is 851. The molecule has 94 valence electrons. The van der Waals surface area contributed by atoms with Crippen molar-refractivity contribution in [2.75, 3.05) is 7.11 Å². The fourth-order valence-corrected chi connectivity index (χ4v) is 1.97. The van der Waals surface area contributed by atoms with Crippen LogP contribution in [0.5, 0.6) is 0 Å². The second-order valence-electron chi connectivity index (χ2n) is 4.00. The molecule has 1 aromatic carbocycles. The van der Waals surface area contributed by atoms with Gasteiger partial charge in [0.05, 0.1) is 23.6 Å². The van der Waals surface area contributed by atoms with Crippen molar-refractivity contribution in [1.82, 2.24) is 4.98 Å². The zero-order valence-electron chi connectivity index (χ0n) is 10.0.